The number of morpholine rings is 1. The number of aliphatic hydroxyl groups is 1. The fourth-order valence-corrected chi connectivity index (χ4v) is 3.31. The van der Waals surface area contributed by atoms with Crippen LogP contribution < -0.4 is 24.8 Å². The van der Waals surface area contributed by atoms with Crippen molar-refractivity contribution in [3.63, 3.8) is 0 Å². The summed E-state index contributed by atoms with van der Waals surface area (Å²) in [5, 5.41) is 17.2. The third-order valence-electron chi connectivity index (χ3n) is 4.79. The van der Waals surface area contributed by atoms with E-state index in [2.05, 4.69) is 20.5 Å². The number of ether oxygens (including phenoxy) is 4. The smallest absolute Gasteiger partial charge is 0.203 e. The lowest BCUT2D eigenvalue weighted by Crippen LogP contribution is -2.52. The number of halogens is 1. The molecule has 1 atom stereocenters. The van der Waals surface area contributed by atoms with Crippen molar-refractivity contribution in [1.29, 1.82) is 0 Å². The highest BCUT2D eigenvalue weighted by atomic mass is 127. The molecule has 1 aliphatic heterocycles. The maximum absolute atomic E-state index is 10.8. The number of methoxy groups -OCH3 is 3. The summed E-state index contributed by atoms with van der Waals surface area (Å²) in [5.74, 6) is 2.37. The van der Waals surface area contributed by atoms with Crippen LogP contribution in [0.15, 0.2) is 17.1 Å². The Kier molecular flexibility index (Phi) is 12.3. The standard InChI is InChI=1S/C21H36N4O5.HI/c1-6-22-20(24-14-21(2,26)15-25-7-9-30-10-8-25)23-13-16-11-17(27-3)19(29-5)18(12-16)28-4;/h11-12,26H,6-10,13-15H2,1-5H3,(H2,22,23,24);1H. The van der Waals surface area contributed by atoms with E-state index >= 15 is 0 Å². The van der Waals surface area contributed by atoms with Gasteiger partial charge in [0.1, 0.15) is 0 Å². The lowest BCUT2D eigenvalue weighted by Gasteiger charge is -2.34. The molecule has 3 N–H and O–H groups in total. The normalized spacial score (nSPS) is 16.6. The number of guanidine groups is 1. The van der Waals surface area contributed by atoms with Gasteiger partial charge in [-0.3, -0.25) is 4.90 Å². The molecule has 10 heteroatoms. The van der Waals surface area contributed by atoms with Crippen molar-refractivity contribution in [1.82, 2.24) is 15.5 Å². The van der Waals surface area contributed by atoms with E-state index in [4.69, 9.17) is 18.9 Å². The fraction of sp³-hybridized carbons (Fsp3) is 0.667. The second-order valence-corrected chi connectivity index (χ2v) is 7.47. The van der Waals surface area contributed by atoms with E-state index in [9.17, 15) is 5.11 Å². The number of hydrogen-bond acceptors (Lipinski definition) is 7. The molecule has 1 unspecified atom stereocenters. The number of hydrogen-bond donors (Lipinski definition) is 3. The summed E-state index contributed by atoms with van der Waals surface area (Å²) in [6, 6.07) is 3.76. The number of β-amino-alcohol motifs (C(OH)–C–C–N with tert-alkyl or cyclic N) is 1. The van der Waals surface area contributed by atoms with Crippen LogP contribution in [0.4, 0.5) is 0 Å². The molecule has 0 aliphatic carbocycles. The van der Waals surface area contributed by atoms with E-state index < -0.39 is 5.60 Å². The van der Waals surface area contributed by atoms with E-state index in [0.29, 0.717) is 62.6 Å². The number of benzene rings is 1. The zero-order valence-corrected chi connectivity index (χ0v) is 21.5. The molecule has 0 bridgehead atoms. The Bertz CT molecular complexity index is 671. The molecule has 0 aromatic heterocycles. The van der Waals surface area contributed by atoms with Crippen LogP contribution in [0.25, 0.3) is 0 Å². The average molecular weight is 552 g/mol. The second-order valence-electron chi connectivity index (χ2n) is 7.47. The van der Waals surface area contributed by atoms with Crippen LogP contribution in [-0.4, -0.2) is 88.8 Å². The Morgan fingerprint density at radius 3 is 2.26 bits per heavy atom. The molecule has 0 radical (unpaired) electrons. The molecular weight excluding hydrogens is 515 g/mol. The molecule has 9 nitrogen and oxygen atoms in total. The van der Waals surface area contributed by atoms with Gasteiger partial charge in [0.2, 0.25) is 5.75 Å². The first-order chi connectivity index (χ1) is 14.4. The number of rotatable bonds is 10. The molecule has 2 rings (SSSR count). The molecule has 1 aliphatic rings. The first-order valence-electron chi connectivity index (χ1n) is 10.3. The molecule has 0 amide bonds. The first-order valence-corrected chi connectivity index (χ1v) is 10.3. The molecule has 31 heavy (non-hydrogen) atoms. The molecule has 1 aromatic carbocycles. The molecule has 1 aromatic rings. The van der Waals surface area contributed by atoms with Gasteiger partial charge in [-0.05, 0) is 31.5 Å². The lowest BCUT2D eigenvalue weighted by molar-refractivity contribution is -0.0201. The van der Waals surface area contributed by atoms with Crippen LogP contribution in [0.1, 0.15) is 19.4 Å². The topological polar surface area (TPSA) is 96.8 Å². The van der Waals surface area contributed by atoms with Crippen molar-refractivity contribution in [2.45, 2.75) is 26.0 Å². The van der Waals surface area contributed by atoms with Crippen LogP contribution in [0, 0.1) is 0 Å². The van der Waals surface area contributed by atoms with Gasteiger partial charge in [-0.25, -0.2) is 4.99 Å². The van der Waals surface area contributed by atoms with Crippen LogP contribution in [0.5, 0.6) is 17.2 Å². The fourth-order valence-electron chi connectivity index (χ4n) is 3.31. The predicted octanol–water partition coefficient (Wildman–Crippen LogP) is 1.47. The van der Waals surface area contributed by atoms with Crippen LogP contribution >= 0.6 is 24.0 Å². The average Bonchev–Trinajstić information content (AvgIpc) is 2.75. The SMILES string of the molecule is CCNC(=NCc1cc(OC)c(OC)c(OC)c1)NCC(C)(O)CN1CCOCC1.I. The summed E-state index contributed by atoms with van der Waals surface area (Å²) in [7, 11) is 4.76. The summed E-state index contributed by atoms with van der Waals surface area (Å²) in [6.07, 6.45) is 0. The zero-order chi connectivity index (χ0) is 22.0. The second kappa shape index (κ2) is 13.8. The Balaban J connectivity index is 0.00000480. The van der Waals surface area contributed by atoms with Crippen molar-refractivity contribution in [3.05, 3.63) is 17.7 Å². The maximum Gasteiger partial charge on any atom is 0.203 e. The maximum atomic E-state index is 10.8. The molecule has 0 spiro atoms. The molecule has 178 valence electrons. The number of aliphatic imine (C=N–C) groups is 1. The van der Waals surface area contributed by atoms with Gasteiger partial charge in [0, 0.05) is 32.7 Å². The molecule has 1 fully saturated rings. The Labute approximate surface area is 202 Å². The summed E-state index contributed by atoms with van der Waals surface area (Å²) in [4.78, 5) is 6.85. The van der Waals surface area contributed by atoms with Gasteiger partial charge in [0.25, 0.3) is 0 Å². The van der Waals surface area contributed by atoms with Gasteiger partial charge in [0.05, 0.1) is 46.7 Å². The number of nitrogens with zero attached hydrogens (tertiary/aromatic N) is 2. The summed E-state index contributed by atoms with van der Waals surface area (Å²) in [5.41, 5.74) is 0.0295. The van der Waals surface area contributed by atoms with Crippen LogP contribution in [0.2, 0.25) is 0 Å². The largest absolute Gasteiger partial charge is 0.493 e. The highest BCUT2D eigenvalue weighted by Crippen LogP contribution is 2.38. The minimum atomic E-state index is -0.889. The van der Waals surface area contributed by atoms with E-state index in [-0.39, 0.29) is 24.0 Å². The Morgan fingerprint density at radius 2 is 1.74 bits per heavy atom. The first kappa shape index (κ1) is 27.5. The minimum absolute atomic E-state index is 0. The third-order valence-corrected chi connectivity index (χ3v) is 4.79. The van der Waals surface area contributed by atoms with Crippen molar-refractivity contribution in [2.24, 2.45) is 4.99 Å². The highest BCUT2D eigenvalue weighted by molar-refractivity contribution is 14.0. The summed E-state index contributed by atoms with van der Waals surface area (Å²) >= 11 is 0. The van der Waals surface area contributed by atoms with Crippen molar-refractivity contribution in [2.75, 3.05) is 67.3 Å². The zero-order valence-electron chi connectivity index (χ0n) is 19.2. The molecule has 1 heterocycles. The van der Waals surface area contributed by atoms with E-state index in [1.165, 1.54) is 0 Å². The van der Waals surface area contributed by atoms with Gasteiger partial charge in [-0.15, -0.1) is 24.0 Å². The van der Waals surface area contributed by atoms with Crippen molar-refractivity contribution < 1.29 is 24.1 Å². The molecule has 1 saturated heterocycles. The van der Waals surface area contributed by atoms with E-state index in [0.717, 1.165) is 18.7 Å². The summed E-state index contributed by atoms with van der Waals surface area (Å²) in [6.45, 7) is 9.02. The third kappa shape index (κ3) is 8.87. The highest BCUT2D eigenvalue weighted by Gasteiger charge is 2.25. The lowest BCUT2D eigenvalue weighted by atomic mass is 10.1. The van der Waals surface area contributed by atoms with Crippen LogP contribution in [0.3, 0.4) is 0 Å². The van der Waals surface area contributed by atoms with Gasteiger partial charge >= 0.3 is 0 Å². The van der Waals surface area contributed by atoms with Gasteiger partial charge in [-0.2, -0.15) is 0 Å². The summed E-state index contributed by atoms with van der Waals surface area (Å²) < 4.78 is 21.6. The van der Waals surface area contributed by atoms with Crippen LogP contribution in [-0.2, 0) is 11.3 Å². The number of nitrogens with one attached hydrogen (secondary N) is 2. The van der Waals surface area contributed by atoms with Gasteiger partial charge in [0.15, 0.2) is 17.5 Å². The molecule has 0 saturated carbocycles. The Hall–Kier alpha value is -1.50. The van der Waals surface area contributed by atoms with Gasteiger partial charge < -0.3 is 34.7 Å². The molecular formula is C21H37IN4O5. The van der Waals surface area contributed by atoms with Gasteiger partial charge in [-0.1, -0.05) is 0 Å². The minimum Gasteiger partial charge on any atom is -0.493 e. The van der Waals surface area contributed by atoms with Crippen molar-refractivity contribution >= 4 is 29.9 Å². The van der Waals surface area contributed by atoms with E-state index in [1.807, 2.05) is 26.0 Å². The van der Waals surface area contributed by atoms with E-state index in [1.54, 1.807) is 21.3 Å². The van der Waals surface area contributed by atoms with Crippen molar-refractivity contribution in [3.8, 4) is 17.2 Å². The quantitative estimate of drug-likeness (QED) is 0.228. The monoisotopic (exact) mass is 552 g/mol. The Morgan fingerprint density at radius 1 is 1.13 bits per heavy atom. The predicted molar refractivity (Wildman–Crippen MR) is 132 cm³/mol.